The Labute approximate surface area is 319 Å². The highest BCUT2D eigenvalue weighted by Gasteiger charge is 2.17. The average Bonchev–Trinajstić information content (AvgIpc) is 3.65. The molecule has 0 aliphatic heterocycles. The second-order valence-electron chi connectivity index (χ2n) is 13.9. The quantitative estimate of drug-likeness (QED) is 0.165. The fourth-order valence-electron chi connectivity index (χ4n) is 7.40. The van der Waals surface area contributed by atoms with E-state index in [0.717, 1.165) is 78.6 Å². The molecule has 0 fully saturated rings. The first-order valence-corrected chi connectivity index (χ1v) is 18.6. The van der Waals surface area contributed by atoms with Gasteiger partial charge in [-0.3, -0.25) is 4.98 Å². The fourth-order valence-corrected chi connectivity index (χ4v) is 7.40. The first kappa shape index (κ1) is 32.4. The molecular formula is C50H34N4O. The summed E-state index contributed by atoms with van der Waals surface area (Å²) in [7, 11) is 0. The van der Waals surface area contributed by atoms with E-state index in [2.05, 4.69) is 103 Å². The number of aromatic nitrogens is 4. The van der Waals surface area contributed by atoms with Crippen LogP contribution in [0.2, 0.25) is 0 Å². The number of fused-ring (bicyclic) bond motifs is 3. The third-order valence-electron chi connectivity index (χ3n) is 10.3. The van der Waals surface area contributed by atoms with Gasteiger partial charge >= 0.3 is 0 Å². The molecule has 260 valence electrons. The number of allylic oxidation sites excluding steroid dienone is 4. The molecule has 0 bridgehead atoms. The summed E-state index contributed by atoms with van der Waals surface area (Å²) >= 11 is 0. The van der Waals surface area contributed by atoms with E-state index in [1.165, 1.54) is 5.56 Å². The number of hydrogen-bond donors (Lipinski definition) is 0. The van der Waals surface area contributed by atoms with E-state index < -0.39 is 0 Å². The Morgan fingerprint density at radius 2 is 1.00 bits per heavy atom. The van der Waals surface area contributed by atoms with Gasteiger partial charge in [-0.05, 0) is 77.2 Å². The van der Waals surface area contributed by atoms with Crippen LogP contribution in [0.25, 0.3) is 89.6 Å². The van der Waals surface area contributed by atoms with Crippen LogP contribution in [0.15, 0.2) is 193 Å². The van der Waals surface area contributed by atoms with Gasteiger partial charge in [0, 0.05) is 50.7 Å². The van der Waals surface area contributed by atoms with Gasteiger partial charge in [0.2, 0.25) is 0 Å². The van der Waals surface area contributed by atoms with Crippen LogP contribution < -0.4 is 0 Å². The number of furan rings is 1. The first-order chi connectivity index (χ1) is 27.2. The predicted molar refractivity (Wildman–Crippen MR) is 223 cm³/mol. The topological polar surface area (TPSA) is 64.7 Å². The summed E-state index contributed by atoms with van der Waals surface area (Å²) in [4.78, 5) is 20.0. The monoisotopic (exact) mass is 706 g/mol. The molecule has 5 heteroatoms. The van der Waals surface area contributed by atoms with E-state index in [4.69, 9.17) is 24.4 Å². The highest BCUT2D eigenvalue weighted by atomic mass is 16.3. The smallest absolute Gasteiger partial charge is 0.164 e. The second-order valence-corrected chi connectivity index (χ2v) is 13.9. The van der Waals surface area contributed by atoms with Gasteiger partial charge in [0.1, 0.15) is 11.2 Å². The maximum absolute atomic E-state index is 6.36. The third-order valence-corrected chi connectivity index (χ3v) is 10.3. The minimum atomic E-state index is 0.352. The molecule has 3 heterocycles. The van der Waals surface area contributed by atoms with Crippen molar-refractivity contribution in [1.29, 1.82) is 0 Å². The van der Waals surface area contributed by atoms with Crippen LogP contribution in [0.5, 0.6) is 0 Å². The Balaban J connectivity index is 1.15. The van der Waals surface area contributed by atoms with Crippen LogP contribution in [-0.2, 0) is 0 Å². The zero-order valence-electron chi connectivity index (χ0n) is 29.9. The van der Waals surface area contributed by atoms with Gasteiger partial charge < -0.3 is 4.42 Å². The van der Waals surface area contributed by atoms with Crippen LogP contribution in [0.4, 0.5) is 0 Å². The summed E-state index contributed by atoms with van der Waals surface area (Å²) in [5.41, 5.74) is 11.9. The van der Waals surface area contributed by atoms with E-state index in [1.807, 2.05) is 85.1 Å². The minimum absolute atomic E-state index is 0.352. The van der Waals surface area contributed by atoms with Gasteiger partial charge in [0.25, 0.3) is 0 Å². The highest BCUT2D eigenvalue weighted by molar-refractivity contribution is 6.06. The molecule has 0 spiro atoms. The van der Waals surface area contributed by atoms with Gasteiger partial charge in [0.05, 0.1) is 5.69 Å². The van der Waals surface area contributed by atoms with Crippen molar-refractivity contribution in [3.8, 4) is 67.7 Å². The minimum Gasteiger partial charge on any atom is -0.456 e. The molecule has 0 radical (unpaired) electrons. The number of rotatable bonds is 7. The van der Waals surface area contributed by atoms with Crippen LogP contribution in [0.1, 0.15) is 17.9 Å². The highest BCUT2D eigenvalue weighted by Crippen LogP contribution is 2.38. The number of hydrogen-bond acceptors (Lipinski definition) is 5. The Morgan fingerprint density at radius 3 is 1.62 bits per heavy atom. The van der Waals surface area contributed by atoms with Crippen molar-refractivity contribution in [3.63, 3.8) is 0 Å². The van der Waals surface area contributed by atoms with Crippen molar-refractivity contribution in [2.24, 2.45) is 0 Å². The van der Waals surface area contributed by atoms with Crippen molar-refractivity contribution in [1.82, 2.24) is 19.9 Å². The van der Waals surface area contributed by atoms with Gasteiger partial charge in [-0.1, -0.05) is 133 Å². The van der Waals surface area contributed by atoms with E-state index in [9.17, 15) is 0 Å². The van der Waals surface area contributed by atoms with Gasteiger partial charge in [-0.15, -0.1) is 0 Å². The lowest BCUT2D eigenvalue weighted by atomic mass is 9.91. The largest absolute Gasteiger partial charge is 0.456 e. The van der Waals surface area contributed by atoms with Crippen molar-refractivity contribution in [2.75, 3.05) is 0 Å². The molecule has 1 aliphatic carbocycles. The molecule has 3 aromatic heterocycles. The molecule has 55 heavy (non-hydrogen) atoms. The van der Waals surface area contributed by atoms with Crippen molar-refractivity contribution >= 4 is 21.9 Å². The normalized spacial score (nSPS) is 13.8. The standard InChI is InChI=1S/C50H34N4O/c1-5-13-33(14-6-1)37-22-25-46-43(30-37)44-31-38(23-26-47(44)55-46)40-27-41(39-21-24-45(51-32-39)34-15-7-2-8-16-34)29-42(28-40)50-53-48(35-17-9-3-10-18-35)52-49(54-50)36-19-11-4-12-20-36/h1-13,15-33H,14H2. The van der Waals surface area contributed by atoms with Gasteiger partial charge in [-0.25, -0.2) is 15.0 Å². The molecule has 0 N–H and O–H groups in total. The zero-order valence-corrected chi connectivity index (χ0v) is 29.9. The zero-order chi connectivity index (χ0) is 36.6. The van der Waals surface area contributed by atoms with Gasteiger partial charge in [0.15, 0.2) is 17.5 Å². The Kier molecular flexibility index (Phi) is 8.23. The summed E-state index contributed by atoms with van der Waals surface area (Å²) in [5, 5.41) is 2.20. The maximum atomic E-state index is 6.36. The van der Waals surface area contributed by atoms with Crippen LogP contribution >= 0.6 is 0 Å². The third kappa shape index (κ3) is 6.42. The molecule has 1 atom stereocenters. The van der Waals surface area contributed by atoms with E-state index in [1.54, 1.807) is 0 Å². The molecule has 9 aromatic rings. The van der Waals surface area contributed by atoms with Crippen LogP contribution in [0, 0.1) is 0 Å². The van der Waals surface area contributed by atoms with Crippen molar-refractivity contribution in [2.45, 2.75) is 12.3 Å². The second kappa shape index (κ2) is 14.0. The Hall–Kier alpha value is -7.24. The lowest BCUT2D eigenvalue weighted by Gasteiger charge is -2.13. The molecule has 0 amide bonds. The van der Waals surface area contributed by atoms with E-state index in [0.29, 0.717) is 23.4 Å². The number of nitrogens with zero attached hydrogens (tertiary/aromatic N) is 4. The average molecular weight is 707 g/mol. The fraction of sp³-hybridized carbons (Fsp3) is 0.0400. The molecular weight excluding hydrogens is 673 g/mol. The van der Waals surface area contributed by atoms with Crippen LogP contribution in [-0.4, -0.2) is 19.9 Å². The van der Waals surface area contributed by atoms with E-state index in [-0.39, 0.29) is 0 Å². The molecule has 10 rings (SSSR count). The Morgan fingerprint density at radius 1 is 0.436 bits per heavy atom. The summed E-state index contributed by atoms with van der Waals surface area (Å²) in [6.07, 6.45) is 11.7. The predicted octanol–water partition coefficient (Wildman–Crippen LogP) is 12.8. The lowest BCUT2D eigenvalue weighted by molar-refractivity contribution is 0.668. The van der Waals surface area contributed by atoms with Crippen LogP contribution in [0.3, 0.4) is 0 Å². The SMILES string of the molecule is C1=CCC(c2ccc3oc4ccc(-c5cc(-c6ccc(-c7ccccc7)nc6)cc(-c6nc(-c7ccccc7)nc(-c7ccccc7)n6)c5)cc4c3c2)C=C1. The Bertz CT molecular complexity index is 2820. The van der Waals surface area contributed by atoms with Gasteiger partial charge in [-0.2, -0.15) is 0 Å². The molecule has 5 nitrogen and oxygen atoms in total. The molecule has 6 aromatic carbocycles. The van der Waals surface area contributed by atoms with E-state index >= 15 is 0 Å². The molecule has 1 aliphatic rings. The molecule has 0 saturated heterocycles. The maximum Gasteiger partial charge on any atom is 0.164 e. The number of benzene rings is 6. The summed E-state index contributed by atoms with van der Waals surface area (Å²) in [6.45, 7) is 0. The summed E-state index contributed by atoms with van der Waals surface area (Å²) in [5.74, 6) is 2.19. The molecule has 1 unspecified atom stereocenters. The first-order valence-electron chi connectivity index (χ1n) is 18.6. The number of pyridine rings is 1. The van der Waals surface area contributed by atoms with Crippen molar-refractivity contribution in [3.05, 3.63) is 194 Å². The lowest BCUT2D eigenvalue weighted by Crippen LogP contribution is -2.00. The summed E-state index contributed by atoms with van der Waals surface area (Å²) in [6, 6.07) is 54.3. The summed E-state index contributed by atoms with van der Waals surface area (Å²) < 4.78 is 6.36. The molecule has 0 saturated carbocycles. The van der Waals surface area contributed by atoms with Crippen molar-refractivity contribution < 1.29 is 4.42 Å².